The quantitative estimate of drug-likeness (QED) is 0.640. The molecule has 0 saturated heterocycles. The topological polar surface area (TPSA) is 101 Å². The largest absolute Gasteiger partial charge is 0.480 e. The maximum absolute atomic E-state index is 13.5. The molecule has 2 aliphatic rings. The van der Waals surface area contributed by atoms with Crippen molar-refractivity contribution in [1.82, 2.24) is 14.5 Å². The summed E-state index contributed by atoms with van der Waals surface area (Å²) >= 11 is 0. The van der Waals surface area contributed by atoms with Gasteiger partial charge in [-0.3, -0.25) is 9.48 Å². The Morgan fingerprint density at radius 1 is 1.31 bits per heavy atom. The first kappa shape index (κ1) is 22.8. The zero-order valence-electron chi connectivity index (χ0n) is 17.4. The summed E-state index contributed by atoms with van der Waals surface area (Å²) in [6.07, 6.45) is 0.440. The molecular weight excluding hydrogens is 447 g/mol. The van der Waals surface area contributed by atoms with Gasteiger partial charge in [0.05, 0.1) is 22.7 Å². The Morgan fingerprint density at radius 3 is 2.62 bits per heavy atom. The number of rotatable bonds is 7. The first-order chi connectivity index (χ1) is 14.9. The number of alkyl halides is 3. The van der Waals surface area contributed by atoms with E-state index in [-0.39, 0.29) is 6.54 Å². The van der Waals surface area contributed by atoms with Gasteiger partial charge in [0.1, 0.15) is 6.54 Å². The SMILES string of the molecule is CCC1(c2cc(C(F)(F)F)cc(S(=O)(=O)N[C@@H]3CCCc4c3cnn4CC(=O)O)c2)CC1. The minimum Gasteiger partial charge on any atom is -0.480 e. The molecule has 0 aliphatic heterocycles. The van der Waals surface area contributed by atoms with Gasteiger partial charge in [-0.25, -0.2) is 13.1 Å². The second kappa shape index (κ2) is 7.87. The average molecular weight is 472 g/mol. The van der Waals surface area contributed by atoms with Gasteiger partial charge in [0, 0.05) is 11.3 Å². The van der Waals surface area contributed by atoms with Crippen LogP contribution >= 0.6 is 0 Å². The highest BCUT2D eigenvalue weighted by Crippen LogP contribution is 2.52. The highest BCUT2D eigenvalue weighted by Gasteiger charge is 2.44. The van der Waals surface area contributed by atoms with E-state index in [1.165, 1.54) is 16.9 Å². The number of benzene rings is 1. The van der Waals surface area contributed by atoms with E-state index < -0.39 is 44.1 Å². The van der Waals surface area contributed by atoms with Gasteiger partial charge < -0.3 is 5.11 Å². The normalized spacial score (nSPS) is 20.1. The molecule has 32 heavy (non-hydrogen) atoms. The van der Waals surface area contributed by atoms with Crippen molar-refractivity contribution in [1.29, 1.82) is 0 Å². The molecule has 4 rings (SSSR count). The maximum Gasteiger partial charge on any atom is 0.416 e. The number of carbonyl (C=O) groups is 1. The van der Waals surface area contributed by atoms with Crippen molar-refractivity contribution in [2.24, 2.45) is 0 Å². The Kier molecular flexibility index (Phi) is 5.61. The highest BCUT2D eigenvalue weighted by molar-refractivity contribution is 7.89. The molecule has 1 aromatic carbocycles. The molecule has 1 aromatic heterocycles. The molecule has 1 saturated carbocycles. The van der Waals surface area contributed by atoms with Gasteiger partial charge in [0.2, 0.25) is 10.0 Å². The highest BCUT2D eigenvalue weighted by atomic mass is 32.2. The van der Waals surface area contributed by atoms with E-state index in [2.05, 4.69) is 9.82 Å². The van der Waals surface area contributed by atoms with E-state index in [0.29, 0.717) is 48.6 Å². The molecule has 2 N–H and O–H groups in total. The maximum atomic E-state index is 13.5. The van der Waals surface area contributed by atoms with Crippen molar-refractivity contribution in [2.75, 3.05) is 0 Å². The molecule has 174 valence electrons. The average Bonchev–Trinajstić information content (AvgIpc) is 3.42. The van der Waals surface area contributed by atoms with E-state index in [9.17, 15) is 26.4 Å². The van der Waals surface area contributed by atoms with Crippen LogP contribution in [0.2, 0.25) is 0 Å². The fourth-order valence-electron chi connectivity index (χ4n) is 4.48. The Labute approximate surface area is 183 Å². The van der Waals surface area contributed by atoms with Crippen molar-refractivity contribution in [3.63, 3.8) is 0 Å². The molecule has 1 heterocycles. The van der Waals surface area contributed by atoms with Crippen molar-refractivity contribution >= 4 is 16.0 Å². The van der Waals surface area contributed by atoms with Gasteiger partial charge in [-0.1, -0.05) is 6.92 Å². The standard InChI is InChI=1S/C21H24F3N3O4S/c1-2-20(6-7-20)13-8-14(21(22,23)24)10-15(9-13)32(30,31)26-17-4-3-5-18-16(17)11-25-27(18)12-19(28)29/h8-11,17,26H,2-7,12H2,1H3,(H,28,29)/t17-/m1/s1. The summed E-state index contributed by atoms with van der Waals surface area (Å²) in [6.45, 7) is 1.54. The third kappa shape index (κ3) is 4.27. The lowest BCUT2D eigenvalue weighted by atomic mass is 9.92. The summed E-state index contributed by atoms with van der Waals surface area (Å²) in [7, 11) is -4.27. The van der Waals surface area contributed by atoms with Crippen LogP contribution < -0.4 is 4.72 Å². The molecular formula is C21H24F3N3O4S. The number of sulfonamides is 1. The van der Waals surface area contributed by atoms with Gasteiger partial charge >= 0.3 is 12.1 Å². The zero-order chi connectivity index (χ0) is 23.3. The minimum atomic E-state index is -4.67. The van der Waals surface area contributed by atoms with Gasteiger partial charge in [0.25, 0.3) is 0 Å². The monoisotopic (exact) mass is 471 g/mol. The third-order valence-corrected chi connectivity index (χ3v) is 7.98. The van der Waals surface area contributed by atoms with Crippen LogP contribution in [0.15, 0.2) is 29.3 Å². The lowest BCUT2D eigenvalue weighted by Crippen LogP contribution is -2.31. The Balaban J connectivity index is 1.69. The molecule has 2 aromatic rings. The molecule has 0 amide bonds. The predicted octanol–water partition coefficient (Wildman–Crippen LogP) is 3.78. The third-order valence-electron chi connectivity index (χ3n) is 6.53. The molecule has 2 aliphatic carbocycles. The number of nitrogens with one attached hydrogen (secondary N) is 1. The lowest BCUT2D eigenvalue weighted by molar-refractivity contribution is -0.138. The number of aliphatic carboxylic acids is 1. The molecule has 1 fully saturated rings. The van der Waals surface area contributed by atoms with Crippen molar-refractivity contribution < 1.29 is 31.5 Å². The summed E-state index contributed by atoms with van der Waals surface area (Å²) in [5.74, 6) is -1.07. The first-order valence-electron chi connectivity index (χ1n) is 10.5. The van der Waals surface area contributed by atoms with Crippen molar-refractivity contribution in [3.8, 4) is 0 Å². The first-order valence-corrected chi connectivity index (χ1v) is 11.9. The van der Waals surface area contributed by atoms with E-state index in [1.807, 2.05) is 6.92 Å². The number of carboxylic acids is 1. The van der Waals surface area contributed by atoms with Crippen LogP contribution in [0.4, 0.5) is 13.2 Å². The second-order valence-electron chi connectivity index (χ2n) is 8.54. The lowest BCUT2D eigenvalue weighted by Gasteiger charge is -2.24. The molecule has 7 nitrogen and oxygen atoms in total. The summed E-state index contributed by atoms with van der Waals surface area (Å²) in [6, 6.07) is 2.40. The number of carboxylic acid groups (broad SMARTS) is 1. The number of aromatic nitrogens is 2. The molecule has 0 bridgehead atoms. The van der Waals surface area contributed by atoms with Crippen LogP contribution in [-0.2, 0) is 39.4 Å². The number of hydrogen-bond donors (Lipinski definition) is 2. The van der Waals surface area contributed by atoms with Gasteiger partial charge in [-0.15, -0.1) is 0 Å². The number of fused-ring (bicyclic) bond motifs is 1. The van der Waals surface area contributed by atoms with E-state index in [4.69, 9.17) is 5.11 Å². The molecule has 0 spiro atoms. The Bertz CT molecular complexity index is 1150. The second-order valence-corrected chi connectivity index (χ2v) is 10.3. The van der Waals surface area contributed by atoms with Crippen LogP contribution in [0.5, 0.6) is 0 Å². The minimum absolute atomic E-state index is 0.342. The summed E-state index contributed by atoms with van der Waals surface area (Å²) < 4.78 is 70.8. The Morgan fingerprint density at radius 2 is 2.03 bits per heavy atom. The predicted molar refractivity (Wildman–Crippen MR) is 109 cm³/mol. The Hall–Kier alpha value is -2.40. The van der Waals surface area contributed by atoms with E-state index >= 15 is 0 Å². The number of hydrogen-bond acceptors (Lipinski definition) is 4. The molecule has 0 radical (unpaired) electrons. The number of halogens is 3. The number of nitrogens with zero attached hydrogens (tertiary/aromatic N) is 2. The van der Waals surface area contributed by atoms with Crippen molar-refractivity contribution in [3.05, 3.63) is 46.8 Å². The van der Waals surface area contributed by atoms with Gasteiger partial charge in [0.15, 0.2) is 0 Å². The smallest absolute Gasteiger partial charge is 0.416 e. The fourth-order valence-corrected chi connectivity index (χ4v) is 5.80. The van der Waals surface area contributed by atoms with Crippen molar-refractivity contribution in [2.45, 2.75) is 74.5 Å². The van der Waals surface area contributed by atoms with Gasteiger partial charge in [-0.2, -0.15) is 18.3 Å². The van der Waals surface area contributed by atoms with E-state index in [0.717, 1.165) is 18.9 Å². The zero-order valence-corrected chi connectivity index (χ0v) is 18.3. The molecule has 0 unspecified atom stereocenters. The fraction of sp³-hybridized carbons (Fsp3) is 0.524. The van der Waals surface area contributed by atoms with Gasteiger partial charge in [-0.05, 0) is 67.7 Å². The summed E-state index contributed by atoms with van der Waals surface area (Å²) in [5.41, 5.74) is 0.198. The summed E-state index contributed by atoms with van der Waals surface area (Å²) in [4.78, 5) is 10.6. The van der Waals surface area contributed by atoms with Crippen LogP contribution in [0, 0.1) is 0 Å². The molecule has 1 atom stereocenters. The van der Waals surface area contributed by atoms with Crippen LogP contribution in [0.1, 0.15) is 67.5 Å². The van der Waals surface area contributed by atoms with Crippen LogP contribution in [-0.4, -0.2) is 29.3 Å². The van der Waals surface area contributed by atoms with Crippen LogP contribution in [0.25, 0.3) is 0 Å². The van der Waals surface area contributed by atoms with Crippen LogP contribution in [0.3, 0.4) is 0 Å². The summed E-state index contributed by atoms with van der Waals surface area (Å²) in [5, 5.41) is 13.1. The molecule has 11 heteroatoms. The van der Waals surface area contributed by atoms with E-state index in [1.54, 1.807) is 0 Å².